The van der Waals surface area contributed by atoms with Crippen LogP contribution in [0.1, 0.15) is 24.9 Å². The SMILES string of the molecule is CC(NCCC(N)=O)c1cncc(F)c1. The Kier molecular flexibility index (Phi) is 4.17. The Morgan fingerprint density at radius 2 is 2.40 bits per heavy atom. The molecule has 1 amide bonds. The Hall–Kier alpha value is -1.49. The molecule has 1 aromatic rings. The summed E-state index contributed by atoms with van der Waals surface area (Å²) in [4.78, 5) is 14.2. The van der Waals surface area contributed by atoms with Crippen LogP contribution in [0.4, 0.5) is 4.39 Å². The standard InChI is InChI=1S/C10H14FN3O/c1-7(14-3-2-10(12)15)8-4-9(11)6-13-5-8/h4-7,14H,2-3H2,1H3,(H2,12,15). The Balaban J connectivity index is 2.46. The smallest absolute Gasteiger partial charge is 0.218 e. The molecule has 1 aromatic heterocycles. The van der Waals surface area contributed by atoms with E-state index in [1.54, 1.807) is 6.20 Å². The summed E-state index contributed by atoms with van der Waals surface area (Å²) >= 11 is 0. The molecule has 0 saturated carbocycles. The number of carbonyl (C=O) groups excluding carboxylic acids is 1. The van der Waals surface area contributed by atoms with Crippen LogP contribution in [-0.4, -0.2) is 17.4 Å². The van der Waals surface area contributed by atoms with Gasteiger partial charge in [-0.25, -0.2) is 4.39 Å². The number of hydrogen-bond donors (Lipinski definition) is 2. The molecule has 5 heteroatoms. The van der Waals surface area contributed by atoms with E-state index in [1.165, 1.54) is 6.07 Å². The Labute approximate surface area is 87.7 Å². The van der Waals surface area contributed by atoms with Crippen molar-refractivity contribution in [2.45, 2.75) is 19.4 Å². The molecule has 0 aliphatic rings. The van der Waals surface area contributed by atoms with E-state index in [2.05, 4.69) is 10.3 Å². The predicted octanol–water partition coefficient (Wildman–Crippen LogP) is 0.747. The predicted molar refractivity (Wildman–Crippen MR) is 54.4 cm³/mol. The van der Waals surface area contributed by atoms with Gasteiger partial charge in [-0.1, -0.05) is 0 Å². The zero-order valence-electron chi connectivity index (χ0n) is 8.53. The first-order valence-corrected chi connectivity index (χ1v) is 4.71. The topological polar surface area (TPSA) is 68.0 Å². The molecule has 15 heavy (non-hydrogen) atoms. The summed E-state index contributed by atoms with van der Waals surface area (Å²) < 4.78 is 12.8. The third kappa shape index (κ3) is 4.03. The van der Waals surface area contributed by atoms with Crippen LogP contribution in [0.3, 0.4) is 0 Å². The van der Waals surface area contributed by atoms with Crippen molar-refractivity contribution >= 4 is 5.91 Å². The van der Waals surface area contributed by atoms with Gasteiger partial charge in [-0.3, -0.25) is 9.78 Å². The van der Waals surface area contributed by atoms with Crippen molar-refractivity contribution in [2.75, 3.05) is 6.54 Å². The largest absolute Gasteiger partial charge is 0.370 e. The Morgan fingerprint density at radius 3 is 3.00 bits per heavy atom. The lowest BCUT2D eigenvalue weighted by Crippen LogP contribution is -2.24. The van der Waals surface area contributed by atoms with Gasteiger partial charge in [-0.05, 0) is 18.6 Å². The average molecular weight is 211 g/mol. The molecule has 0 aliphatic carbocycles. The maximum atomic E-state index is 12.8. The second-order valence-corrected chi connectivity index (χ2v) is 3.33. The first-order chi connectivity index (χ1) is 7.09. The van der Waals surface area contributed by atoms with E-state index < -0.39 is 0 Å². The van der Waals surface area contributed by atoms with Crippen LogP contribution in [0.5, 0.6) is 0 Å². The average Bonchev–Trinajstić information content (AvgIpc) is 2.17. The van der Waals surface area contributed by atoms with E-state index in [-0.39, 0.29) is 24.2 Å². The fourth-order valence-electron chi connectivity index (χ4n) is 1.19. The van der Waals surface area contributed by atoms with Crippen molar-refractivity contribution in [3.8, 4) is 0 Å². The lowest BCUT2D eigenvalue weighted by atomic mass is 10.1. The quantitative estimate of drug-likeness (QED) is 0.755. The third-order valence-corrected chi connectivity index (χ3v) is 2.05. The van der Waals surface area contributed by atoms with Crippen molar-refractivity contribution < 1.29 is 9.18 Å². The van der Waals surface area contributed by atoms with E-state index in [4.69, 9.17) is 5.73 Å². The second kappa shape index (κ2) is 5.41. The van der Waals surface area contributed by atoms with Crippen molar-refractivity contribution in [3.05, 3.63) is 29.8 Å². The normalized spacial score (nSPS) is 12.4. The summed E-state index contributed by atoms with van der Waals surface area (Å²) in [5.41, 5.74) is 5.74. The number of nitrogens with two attached hydrogens (primary N) is 1. The van der Waals surface area contributed by atoms with E-state index in [9.17, 15) is 9.18 Å². The second-order valence-electron chi connectivity index (χ2n) is 3.33. The Morgan fingerprint density at radius 1 is 1.67 bits per heavy atom. The molecule has 1 heterocycles. The number of aromatic nitrogens is 1. The van der Waals surface area contributed by atoms with Gasteiger partial charge in [0.2, 0.25) is 5.91 Å². The summed E-state index contributed by atoms with van der Waals surface area (Å²) in [6, 6.07) is 1.36. The zero-order valence-corrected chi connectivity index (χ0v) is 8.53. The maximum Gasteiger partial charge on any atom is 0.218 e. The van der Waals surface area contributed by atoms with Crippen molar-refractivity contribution in [1.29, 1.82) is 0 Å². The van der Waals surface area contributed by atoms with Gasteiger partial charge >= 0.3 is 0 Å². The first-order valence-electron chi connectivity index (χ1n) is 4.71. The highest BCUT2D eigenvalue weighted by atomic mass is 19.1. The van der Waals surface area contributed by atoms with Crippen molar-refractivity contribution in [1.82, 2.24) is 10.3 Å². The molecule has 4 nitrogen and oxygen atoms in total. The summed E-state index contributed by atoms with van der Waals surface area (Å²) in [5, 5.41) is 3.05. The molecule has 0 radical (unpaired) electrons. The minimum absolute atomic E-state index is 0.0486. The van der Waals surface area contributed by atoms with Gasteiger partial charge in [0.25, 0.3) is 0 Å². The molecule has 1 atom stereocenters. The fourth-order valence-corrected chi connectivity index (χ4v) is 1.19. The number of nitrogens with zero attached hydrogens (tertiary/aromatic N) is 1. The maximum absolute atomic E-state index is 12.8. The van der Waals surface area contributed by atoms with Gasteiger partial charge < -0.3 is 11.1 Å². The summed E-state index contributed by atoms with van der Waals surface area (Å²) in [7, 11) is 0. The number of halogens is 1. The molecule has 0 bridgehead atoms. The molecule has 0 aromatic carbocycles. The van der Waals surface area contributed by atoms with Crippen LogP contribution in [0.15, 0.2) is 18.5 Å². The van der Waals surface area contributed by atoms with E-state index >= 15 is 0 Å². The van der Waals surface area contributed by atoms with Crippen molar-refractivity contribution in [2.24, 2.45) is 5.73 Å². The molecule has 82 valence electrons. The molecule has 0 aliphatic heterocycles. The minimum atomic E-state index is -0.365. The molecule has 3 N–H and O–H groups in total. The van der Waals surface area contributed by atoms with Crippen LogP contribution in [0, 0.1) is 5.82 Å². The van der Waals surface area contributed by atoms with Gasteiger partial charge in [0.05, 0.1) is 6.20 Å². The lowest BCUT2D eigenvalue weighted by Gasteiger charge is -2.12. The Bertz CT molecular complexity index is 343. The van der Waals surface area contributed by atoms with Crippen LogP contribution < -0.4 is 11.1 Å². The molecule has 0 saturated heterocycles. The molecule has 1 unspecified atom stereocenters. The van der Waals surface area contributed by atoms with Gasteiger partial charge in [0.1, 0.15) is 5.82 Å². The number of nitrogens with one attached hydrogen (secondary N) is 1. The number of primary amides is 1. The highest BCUT2D eigenvalue weighted by Gasteiger charge is 2.06. The van der Waals surface area contributed by atoms with Gasteiger partial charge in [0.15, 0.2) is 0 Å². The van der Waals surface area contributed by atoms with Crippen molar-refractivity contribution in [3.63, 3.8) is 0 Å². The number of hydrogen-bond acceptors (Lipinski definition) is 3. The molecular weight excluding hydrogens is 197 g/mol. The zero-order chi connectivity index (χ0) is 11.3. The molecule has 1 rings (SSSR count). The lowest BCUT2D eigenvalue weighted by molar-refractivity contribution is -0.117. The van der Waals surface area contributed by atoms with E-state index in [0.29, 0.717) is 6.54 Å². The van der Waals surface area contributed by atoms with E-state index in [1.807, 2.05) is 6.92 Å². The van der Waals surface area contributed by atoms with Gasteiger partial charge in [-0.2, -0.15) is 0 Å². The highest BCUT2D eigenvalue weighted by molar-refractivity contribution is 5.73. The number of amides is 1. The number of carbonyl (C=O) groups is 1. The summed E-state index contributed by atoms with van der Waals surface area (Å²) in [6.07, 6.45) is 3.01. The molecule has 0 fully saturated rings. The number of pyridine rings is 1. The van der Waals surface area contributed by atoms with Crippen LogP contribution in [0.2, 0.25) is 0 Å². The van der Waals surface area contributed by atoms with Gasteiger partial charge in [-0.15, -0.1) is 0 Å². The van der Waals surface area contributed by atoms with Crippen LogP contribution in [0.25, 0.3) is 0 Å². The monoisotopic (exact) mass is 211 g/mol. The fraction of sp³-hybridized carbons (Fsp3) is 0.400. The minimum Gasteiger partial charge on any atom is -0.370 e. The molecule has 0 spiro atoms. The number of rotatable bonds is 5. The van der Waals surface area contributed by atoms with Gasteiger partial charge in [0, 0.05) is 25.2 Å². The van der Waals surface area contributed by atoms with Crippen LogP contribution in [-0.2, 0) is 4.79 Å². The van der Waals surface area contributed by atoms with E-state index in [0.717, 1.165) is 11.8 Å². The molecular formula is C10H14FN3O. The third-order valence-electron chi connectivity index (χ3n) is 2.05. The summed E-state index contributed by atoms with van der Waals surface area (Å²) in [6.45, 7) is 2.35. The van der Waals surface area contributed by atoms with Crippen LogP contribution >= 0.6 is 0 Å². The highest BCUT2D eigenvalue weighted by Crippen LogP contribution is 2.11. The summed E-state index contributed by atoms with van der Waals surface area (Å²) in [5.74, 6) is -0.719. The first kappa shape index (κ1) is 11.6.